The molecule has 1 saturated carbocycles. The number of hydrogen-bond acceptors (Lipinski definition) is 4. The van der Waals surface area contributed by atoms with Gasteiger partial charge in [0, 0.05) is 30.8 Å². The Morgan fingerprint density at radius 1 is 1.22 bits per heavy atom. The number of H-pyrrole nitrogens is 1. The van der Waals surface area contributed by atoms with Gasteiger partial charge in [-0.1, -0.05) is 25.0 Å². The van der Waals surface area contributed by atoms with Crippen LogP contribution in [0.3, 0.4) is 0 Å². The lowest BCUT2D eigenvalue weighted by Crippen LogP contribution is -2.53. The minimum atomic E-state index is -3.78. The third-order valence-corrected chi connectivity index (χ3v) is 8.67. The van der Waals surface area contributed by atoms with Crippen LogP contribution in [-0.4, -0.2) is 40.7 Å². The van der Waals surface area contributed by atoms with Crippen molar-refractivity contribution in [2.24, 2.45) is 0 Å². The van der Waals surface area contributed by atoms with Crippen molar-refractivity contribution >= 4 is 15.7 Å². The Hall–Kier alpha value is -2.15. The van der Waals surface area contributed by atoms with E-state index in [1.165, 1.54) is 0 Å². The summed E-state index contributed by atoms with van der Waals surface area (Å²) in [7, 11) is -3.78. The number of hydrogen-bond donors (Lipinski definition) is 1. The first-order chi connectivity index (χ1) is 12.8. The predicted octanol–water partition coefficient (Wildman–Crippen LogP) is 2.70. The first kappa shape index (κ1) is 18.2. The highest BCUT2D eigenvalue weighted by Gasteiger charge is 2.55. The molecule has 2 aromatic rings. The first-order valence-corrected chi connectivity index (χ1v) is 11.0. The summed E-state index contributed by atoms with van der Waals surface area (Å²) >= 11 is 0. The highest BCUT2D eigenvalue weighted by atomic mass is 32.2. The number of benzene rings is 1. The largest absolute Gasteiger partial charge is 0.336 e. The van der Waals surface area contributed by atoms with E-state index in [0.717, 1.165) is 29.7 Å². The number of carbonyl (C=O) groups excluding carboxylic acids is 1. The molecule has 27 heavy (non-hydrogen) atoms. The number of fused-ring (bicyclic) bond motifs is 1. The molecule has 0 saturated heterocycles. The van der Waals surface area contributed by atoms with E-state index in [1.54, 1.807) is 24.1 Å². The van der Waals surface area contributed by atoms with Gasteiger partial charge in [0.2, 0.25) is 5.91 Å². The van der Waals surface area contributed by atoms with Gasteiger partial charge < -0.3 is 4.90 Å². The van der Waals surface area contributed by atoms with Crippen LogP contribution in [0.4, 0.5) is 0 Å². The molecule has 0 unspecified atom stereocenters. The lowest BCUT2D eigenvalue weighted by atomic mass is 10.0. The summed E-state index contributed by atoms with van der Waals surface area (Å²) in [6, 6.07) is 5.44. The van der Waals surface area contributed by atoms with Crippen molar-refractivity contribution in [2.75, 3.05) is 6.54 Å². The molecule has 0 atom stereocenters. The predicted molar refractivity (Wildman–Crippen MR) is 102 cm³/mol. The van der Waals surface area contributed by atoms with Crippen LogP contribution in [0.5, 0.6) is 0 Å². The van der Waals surface area contributed by atoms with Crippen molar-refractivity contribution in [3.8, 4) is 0 Å². The normalized spacial score (nSPS) is 19.1. The van der Waals surface area contributed by atoms with Gasteiger partial charge in [-0.2, -0.15) is 5.10 Å². The van der Waals surface area contributed by atoms with E-state index in [0.29, 0.717) is 42.8 Å². The quantitative estimate of drug-likeness (QED) is 0.878. The average molecular weight is 388 g/mol. The van der Waals surface area contributed by atoms with E-state index in [2.05, 4.69) is 10.2 Å². The molecule has 0 spiro atoms. The van der Waals surface area contributed by atoms with Gasteiger partial charge >= 0.3 is 0 Å². The maximum Gasteiger partial charge on any atom is 0.244 e. The number of aryl methyl sites for hydroxylation is 2. The molecule has 7 heteroatoms. The van der Waals surface area contributed by atoms with Crippen molar-refractivity contribution in [3.05, 3.63) is 46.8 Å². The zero-order valence-corrected chi connectivity index (χ0v) is 16.6. The van der Waals surface area contributed by atoms with Crippen molar-refractivity contribution in [1.29, 1.82) is 0 Å². The third-order valence-electron chi connectivity index (χ3n) is 6.04. The van der Waals surface area contributed by atoms with Crippen LogP contribution in [-0.2, 0) is 27.6 Å². The van der Waals surface area contributed by atoms with Gasteiger partial charge in [0.05, 0.1) is 11.1 Å². The van der Waals surface area contributed by atoms with Gasteiger partial charge in [0.15, 0.2) is 14.6 Å². The SMILES string of the molecule is Cc1ccc(C)c(S(=O)(=O)C2(C(=O)N3CCc4[nH]ncc4C3)CCCC2)c1. The second-order valence-electron chi connectivity index (χ2n) is 7.82. The Balaban J connectivity index is 1.75. The number of amides is 1. The maximum absolute atomic E-state index is 13.7. The van der Waals surface area contributed by atoms with Crippen LogP contribution in [0.2, 0.25) is 0 Å². The zero-order chi connectivity index (χ0) is 19.2. The van der Waals surface area contributed by atoms with E-state index < -0.39 is 14.6 Å². The Kier molecular flexibility index (Phi) is 4.37. The third kappa shape index (κ3) is 2.79. The lowest BCUT2D eigenvalue weighted by molar-refractivity contribution is -0.134. The van der Waals surface area contributed by atoms with Crippen molar-refractivity contribution in [1.82, 2.24) is 15.1 Å². The molecule has 2 heterocycles. The molecule has 1 aliphatic carbocycles. The van der Waals surface area contributed by atoms with Gasteiger partial charge in [-0.15, -0.1) is 0 Å². The topological polar surface area (TPSA) is 83.1 Å². The Morgan fingerprint density at radius 2 is 1.96 bits per heavy atom. The van der Waals surface area contributed by atoms with E-state index in [9.17, 15) is 13.2 Å². The molecule has 4 rings (SSSR count). The highest BCUT2D eigenvalue weighted by Crippen LogP contribution is 2.43. The molecule has 0 bridgehead atoms. The van der Waals surface area contributed by atoms with Crippen LogP contribution in [0.1, 0.15) is 48.1 Å². The number of sulfone groups is 1. The summed E-state index contributed by atoms with van der Waals surface area (Å²) in [5, 5.41) is 7.01. The summed E-state index contributed by atoms with van der Waals surface area (Å²) in [5.74, 6) is -0.243. The lowest BCUT2D eigenvalue weighted by Gasteiger charge is -2.36. The summed E-state index contributed by atoms with van der Waals surface area (Å²) < 4.78 is 26.1. The molecule has 144 valence electrons. The van der Waals surface area contributed by atoms with Gasteiger partial charge in [0.1, 0.15) is 0 Å². The molecular weight excluding hydrogens is 362 g/mol. The molecule has 6 nitrogen and oxygen atoms in total. The van der Waals surface area contributed by atoms with Crippen LogP contribution in [0, 0.1) is 13.8 Å². The van der Waals surface area contributed by atoms with Crippen molar-refractivity contribution in [3.63, 3.8) is 0 Å². The number of nitrogens with one attached hydrogen (secondary N) is 1. The van der Waals surface area contributed by atoms with E-state index in [-0.39, 0.29) is 5.91 Å². The molecule has 1 fully saturated rings. The highest BCUT2D eigenvalue weighted by molar-refractivity contribution is 7.93. The number of rotatable bonds is 3. The average Bonchev–Trinajstić information content (AvgIpc) is 3.32. The molecule has 1 aliphatic heterocycles. The molecule has 2 aliphatic rings. The molecule has 1 N–H and O–H groups in total. The van der Waals surface area contributed by atoms with Crippen LogP contribution in [0.15, 0.2) is 29.3 Å². The summed E-state index contributed by atoms with van der Waals surface area (Å²) in [6.07, 6.45) is 4.74. The summed E-state index contributed by atoms with van der Waals surface area (Å²) in [6.45, 7) is 4.64. The van der Waals surface area contributed by atoms with E-state index in [1.807, 2.05) is 19.1 Å². The summed E-state index contributed by atoms with van der Waals surface area (Å²) in [4.78, 5) is 15.6. The second-order valence-corrected chi connectivity index (χ2v) is 10.1. The molecular formula is C20H25N3O3S. The Morgan fingerprint density at radius 3 is 2.70 bits per heavy atom. The van der Waals surface area contributed by atoms with Gasteiger partial charge in [-0.25, -0.2) is 8.42 Å². The Labute approximate surface area is 159 Å². The molecule has 1 aromatic carbocycles. The number of carbonyl (C=O) groups is 1. The van der Waals surface area contributed by atoms with Crippen molar-refractivity contribution in [2.45, 2.75) is 62.1 Å². The standard InChI is InChI=1S/C20H25N3O3S/c1-14-5-6-15(2)18(11-14)27(25,26)20(8-3-4-9-20)19(24)23-10-7-17-16(13-23)12-21-22-17/h5-6,11-12H,3-4,7-10,13H2,1-2H3,(H,21,22). The number of aromatic nitrogens is 2. The summed E-state index contributed by atoms with van der Waals surface area (Å²) in [5.41, 5.74) is 3.61. The first-order valence-electron chi connectivity index (χ1n) is 9.47. The van der Waals surface area contributed by atoms with Gasteiger partial charge in [-0.05, 0) is 43.9 Å². The minimum absolute atomic E-state index is 0.243. The Bertz CT molecular complexity index is 988. The minimum Gasteiger partial charge on any atom is -0.336 e. The van der Waals surface area contributed by atoms with Gasteiger partial charge in [-0.3, -0.25) is 9.89 Å². The smallest absolute Gasteiger partial charge is 0.244 e. The molecule has 0 radical (unpaired) electrons. The maximum atomic E-state index is 13.7. The van der Waals surface area contributed by atoms with Crippen LogP contribution in [0.25, 0.3) is 0 Å². The van der Waals surface area contributed by atoms with E-state index in [4.69, 9.17) is 0 Å². The fourth-order valence-corrected chi connectivity index (χ4v) is 6.87. The number of nitrogens with zero attached hydrogens (tertiary/aromatic N) is 2. The fraction of sp³-hybridized carbons (Fsp3) is 0.500. The molecule has 1 aromatic heterocycles. The second kappa shape index (κ2) is 6.48. The monoisotopic (exact) mass is 387 g/mol. The number of aromatic amines is 1. The van der Waals surface area contributed by atoms with Gasteiger partial charge in [0.25, 0.3) is 0 Å². The van der Waals surface area contributed by atoms with E-state index >= 15 is 0 Å². The van der Waals surface area contributed by atoms with Crippen molar-refractivity contribution < 1.29 is 13.2 Å². The van der Waals surface area contributed by atoms with Crippen LogP contribution >= 0.6 is 0 Å². The molecule has 1 amide bonds. The zero-order valence-electron chi connectivity index (χ0n) is 15.8. The van der Waals surface area contributed by atoms with Crippen LogP contribution < -0.4 is 0 Å². The fourth-order valence-electron chi connectivity index (χ4n) is 4.43.